The average Bonchev–Trinajstić information content (AvgIpc) is 2.49. The lowest BCUT2D eigenvalue weighted by atomic mass is 10.1. The minimum absolute atomic E-state index is 0.0707. The van der Waals surface area contributed by atoms with Crippen LogP contribution in [0.1, 0.15) is 17.2 Å². The number of nitrogens with two attached hydrogens (primary N) is 1. The van der Waals surface area contributed by atoms with Gasteiger partial charge in [-0.15, -0.1) is 0 Å². The summed E-state index contributed by atoms with van der Waals surface area (Å²) in [6, 6.07) is 17.3. The number of nitrogen functional groups attached to an aromatic ring is 1. The number of benzene rings is 2. The normalized spacial score (nSPS) is 12.5. The van der Waals surface area contributed by atoms with Crippen LogP contribution in [-0.4, -0.2) is 34.8 Å². The predicted molar refractivity (Wildman–Crippen MR) is 84.6 cm³/mol. The number of aliphatic hydroxyl groups is 2. The molecule has 2 rings (SSSR count). The Kier molecular flexibility index (Phi) is 5.75. The van der Waals surface area contributed by atoms with Crippen LogP contribution in [0.4, 0.5) is 5.69 Å². The van der Waals surface area contributed by atoms with E-state index in [1.54, 1.807) is 12.1 Å². The number of hydrogen-bond donors (Lipinski definition) is 3. The van der Waals surface area contributed by atoms with Gasteiger partial charge in [0, 0.05) is 25.3 Å². The van der Waals surface area contributed by atoms with Crippen molar-refractivity contribution in [2.75, 3.05) is 25.4 Å². The summed E-state index contributed by atoms with van der Waals surface area (Å²) in [6.07, 6.45) is -0.596. The summed E-state index contributed by atoms with van der Waals surface area (Å²) in [5, 5.41) is 19.5. The Hall–Kier alpha value is -1.88. The minimum Gasteiger partial charge on any atom is -0.399 e. The molecule has 0 fully saturated rings. The first-order chi connectivity index (χ1) is 10.2. The van der Waals surface area contributed by atoms with E-state index in [4.69, 9.17) is 5.73 Å². The van der Waals surface area contributed by atoms with E-state index < -0.39 is 6.10 Å². The van der Waals surface area contributed by atoms with E-state index in [1.807, 2.05) is 47.4 Å². The first-order valence-corrected chi connectivity index (χ1v) is 7.09. The second-order valence-corrected chi connectivity index (χ2v) is 5.13. The highest BCUT2D eigenvalue weighted by Gasteiger charge is 2.13. The fourth-order valence-electron chi connectivity index (χ4n) is 2.29. The Labute approximate surface area is 125 Å². The molecule has 2 aromatic carbocycles. The van der Waals surface area contributed by atoms with Gasteiger partial charge in [0.05, 0.1) is 12.7 Å². The molecule has 0 aliphatic heterocycles. The predicted octanol–water partition coefficient (Wildman–Crippen LogP) is 1.80. The highest BCUT2D eigenvalue weighted by atomic mass is 16.3. The van der Waals surface area contributed by atoms with E-state index in [0.717, 1.165) is 11.1 Å². The SMILES string of the molecule is Nc1ccc(C(O)CN(CCO)Cc2ccccc2)cc1. The molecule has 4 nitrogen and oxygen atoms in total. The van der Waals surface area contributed by atoms with Crippen LogP contribution >= 0.6 is 0 Å². The maximum atomic E-state index is 10.3. The summed E-state index contributed by atoms with van der Waals surface area (Å²) in [5.74, 6) is 0. The van der Waals surface area contributed by atoms with Gasteiger partial charge in [-0.1, -0.05) is 42.5 Å². The fraction of sp³-hybridized carbons (Fsp3) is 0.294. The summed E-state index contributed by atoms with van der Waals surface area (Å²) >= 11 is 0. The number of hydrogen-bond acceptors (Lipinski definition) is 4. The van der Waals surface area contributed by atoms with E-state index in [0.29, 0.717) is 25.3 Å². The van der Waals surface area contributed by atoms with Gasteiger partial charge in [-0.25, -0.2) is 0 Å². The zero-order valence-electron chi connectivity index (χ0n) is 12.0. The summed E-state index contributed by atoms with van der Waals surface area (Å²) < 4.78 is 0. The Bertz CT molecular complexity index is 528. The average molecular weight is 286 g/mol. The van der Waals surface area contributed by atoms with Crippen LogP contribution in [-0.2, 0) is 6.54 Å². The minimum atomic E-state index is -0.596. The zero-order valence-corrected chi connectivity index (χ0v) is 12.0. The third kappa shape index (κ3) is 4.86. The molecule has 0 radical (unpaired) electrons. The maximum absolute atomic E-state index is 10.3. The Morgan fingerprint density at radius 3 is 2.29 bits per heavy atom. The van der Waals surface area contributed by atoms with Crippen LogP contribution in [0.2, 0.25) is 0 Å². The summed E-state index contributed by atoms with van der Waals surface area (Å²) in [4.78, 5) is 2.04. The second kappa shape index (κ2) is 7.78. The van der Waals surface area contributed by atoms with Gasteiger partial charge >= 0.3 is 0 Å². The van der Waals surface area contributed by atoms with Crippen molar-refractivity contribution in [3.8, 4) is 0 Å². The van der Waals surface area contributed by atoms with E-state index in [1.165, 1.54) is 0 Å². The standard InChI is InChI=1S/C17H22N2O2/c18-16-8-6-15(7-9-16)17(21)13-19(10-11-20)12-14-4-2-1-3-5-14/h1-9,17,20-21H,10-13,18H2. The molecule has 4 heteroatoms. The van der Waals surface area contributed by atoms with Crippen LogP contribution in [0.3, 0.4) is 0 Å². The van der Waals surface area contributed by atoms with Gasteiger partial charge in [0.25, 0.3) is 0 Å². The van der Waals surface area contributed by atoms with Gasteiger partial charge < -0.3 is 15.9 Å². The lowest BCUT2D eigenvalue weighted by Crippen LogP contribution is -2.31. The molecule has 0 saturated heterocycles. The Morgan fingerprint density at radius 2 is 1.67 bits per heavy atom. The quantitative estimate of drug-likeness (QED) is 0.679. The summed E-state index contributed by atoms with van der Waals surface area (Å²) in [6.45, 7) is 1.77. The van der Waals surface area contributed by atoms with Gasteiger partial charge in [-0.05, 0) is 23.3 Å². The van der Waals surface area contributed by atoms with Crippen molar-refractivity contribution in [3.63, 3.8) is 0 Å². The molecule has 1 atom stereocenters. The molecule has 0 amide bonds. The second-order valence-electron chi connectivity index (χ2n) is 5.13. The molecule has 4 N–H and O–H groups in total. The maximum Gasteiger partial charge on any atom is 0.0917 e. The van der Waals surface area contributed by atoms with Gasteiger partial charge in [-0.3, -0.25) is 4.90 Å². The largest absolute Gasteiger partial charge is 0.399 e. The molecule has 112 valence electrons. The molecule has 1 unspecified atom stereocenters. The van der Waals surface area contributed by atoms with Crippen molar-refractivity contribution in [3.05, 3.63) is 65.7 Å². The van der Waals surface area contributed by atoms with Crippen LogP contribution in [0.5, 0.6) is 0 Å². The molecule has 0 aliphatic rings. The van der Waals surface area contributed by atoms with Crippen molar-refractivity contribution in [2.45, 2.75) is 12.6 Å². The van der Waals surface area contributed by atoms with Crippen LogP contribution in [0, 0.1) is 0 Å². The molecular weight excluding hydrogens is 264 g/mol. The Morgan fingerprint density at radius 1 is 1.00 bits per heavy atom. The van der Waals surface area contributed by atoms with E-state index in [9.17, 15) is 10.2 Å². The lowest BCUT2D eigenvalue weighted by molar-refractivity contribution is 0.0957. The highest BCUT2D eigenvalue weighted by molar-refractivity contribution is 5.39. The third-order valence-corrected chi connectivity index (χ3v) is 3.42. The molecule has 2 aromatic rings. The van der Waals surface area contributed by atoms with Crippen molar-refractivity contribution in [2.24, 2.45) is 0 Å². The molecule has 0 heterocycles. The molecule has 0 aromatic heterocycles. The molecule has 0 bridgehead atoms. The number of rotatable bonds is 7. The van der Waals surface area contributed by atoms with Gasteiger partial charge in [0.15, 0.2) is 0 Å². The van der Waals surface area contributed by atoms with Crippen molar-refractivity contribution in [1.82, 2.24) is 4.90 Å². The topological polar surface area (TPSA) is 69.7 Å². The van der Waals surface area contributed by atoms with Gasteiger partial charge in [0.2, 0.25) is 0 Å². The van der Waals surface area contributed by atoms with Crippen molar-refractivity contribution in [1.29, 1.82) is 0 Å². The smallest absolute Gasteiger partial charge is 0.0917 e. The summed E-state index contributed by atoms with van der Waals surface area (Å²) in [5.41, 5.74) is 8.33. The highest BCUT2D eigenvalue weighted by Crippen LogP contribution is 2.17. The van der Waals surface area contributed by atoms with Crippen molar-refractivity contribution >= 4 is 5.69 Å². The van der Waals surface area contributed by atoms with E-state index in [2.05, 4.69) is 0 Å². The monoisotopic (exact) mass is 286 g/mol. The molecule has 0 aliphatic carbocycles. The fourth-order valence-corrected chi connectivity index (χ4v) is 2.29. The van der Waals surface area contributed by atoms with Crippen molar-refractivity contribution < 1.29 is 10.2 Å². The number of anilines is 1. The molecule has 0 saturated carbocycles. The third-order valence-electron chi connectivity index (χ3n) is 3.42. The molecule has 0 spiro atoms. The molecule has 21 heavy (non-hydrogen) atoms. The first kappa shape index (κ1) is 15.5. The lowest BCUT2D eigenvalue weighted by Gasteiger charge is -2.24. The number of aliphatic hydroxyl groups excluding tert-OH is 2. The van der Waals surface area contributed by atoms with Crippen LogP contribution < -0.4 is 5.73 Å². The zero-order chi connectivity index (χ0) is 15.1. The van der Waals surface area contributed by atoms with E-state index in [-0.39, 0.29) is 6.61 Å². The van der Waals surface area contributed by atoms with Crippen LogP contribution in [0.15, 0.2) is 54.6 Å². The van der Waals surface area contributed by atoms with Crippen LogP contribution in [0.25, 0.3) is 0 Å². The van der Waals surface area contributed by atoms with E-state index >= 15 is 0 Å². The molecular formula is C17H22N2O2. The number of nitrogens with zero attached hydrogens (tertiary/aromatic N) is 1. The van der Waals surface area contributed by atoms with Gasteiger partial charge in [0.1, 0.15) is 0 Å². The summed E-state index contributed by atoms with van der Waals surface area (Å²) in [7, 11) is 0. The first-order valence-electron chi connectivity index (χ1n) is 7.09. The van der Waals surface area contributed by atoms with Gasteiger partial charge in [-0.2, -0.15) is 0 Å². The Balaban J connectivity index is 2.00.